The summed E-state index contributed by atoms with van der Waals surface area (Å²) in [4.78, 5) is 9.95. The Morgan fingerprint density at radius 3 is 2.62 bits per heavy atom. The summed E-state index contributed by atoms with van der Waals surface area (Å²) in [5.41, 5.74) is 3.45. The number of nitrogens with one attached hydrogen (secondary N) is 1. The minimum atomic E-state index is -0.447. The number of hydrazone groups is 1. The van der Waals surface area contributed by atoms with Gasteiger partial charge in [0.25, 0.3) is 5.69 Å². The first-order valence-electron chi connectivity index (χ1n) is 4.86. The maximum Gasteiger partial charge on any atom is 0.269 e. The second-order valence-corrected chi connectivity index (χ2v) is 3.59. The average Bonchev–Trinajstić information content (AvgIpc) is 2.27. The Labute approximate surface area is 98.3 Å². The van der Waals surface area contributed by atoms with E-state index < -0.39 is 4.92 Å². The van der Waals surface area contributed by atoms with Gasteiger partial charge in [0.1, 0.15) is 5.17 Å². The fraction of sp³-hybridized carbons (Fsp3) is 0.300. The predicted molar refractivity (Wildman–Crippen MR) is 64.9 cm³/mol. The normalized spacial score (nSPS) is 11.2. The summed E-state index contributed by atoms with van der Waals surface area (Å²) in [7, 11) is 0. The molecule has 0 radical (unpaired) electrons. The summed E-state index contributed by atoms with van der Waals surface area (Å²) >= 11 is 5.79. The van der Waals surface area contributed by atoms with Gasteiger partial charge < -0.3 is 0 Å². The minimum absolute atomic E-state index is 0.0502. The number of hydrogen-bond acceptors (Lipinski definition) is 4. The summed E-state index contributed by atoms with van der Waals surface area (Å²) in [6.45, 7) is 2.00. The molecule has 0 amide bonds. The van der Waals surface area contributed by atoms with Gasteiger partial charge in [0.15, 0.2) is 0 Å². The van der Waals surface area contributed by atoms with E-state index in [1.807, 2.05) is 6.92 Å². The van der Waals surface area contributed by atoms with Gasteiger partial charge in [0.05, 0.1) is 10.6 Å². The molecule has 0 saturated carbocycles. The first-order valence-corrected chi connectivity index (χ1v) is 5.23. The molecule has 0 aliphatic carbocycles. The Morgan fingerprint density at radius 2 is 2.12 bits per heavy atom. The third-order valence-electron chi connectivity index (χ3n) is 1.84. The van der Waals surface area contributed by atoms with Crippen molar-refractivity contribution in [1.29, 1.82) is 0 Å². The van der Waals surface area contributed by atoms with Crippen molar-refractivity contribution in [2.45, 2.75) is 19.8 Å². The number of halogens is 1. The molecule has 0 aliphatic heterocycles. The Morgan fingerprint density at radius 1 is 1.50 bits per heavy atom. The van der Waals surface area contributed by atoms with Gasteiger partial charge >= 0.3 is 0 Å². The number of anilines is 1. The molecule has 0 spiro atoms. The highest BCUT2D eigenvalue weighted by atomic mass is 35.5. The van der Waals surface area contributed by atoms with E-state index in [0.29, 0.717) is 17.3 Å². The molecule has 0 aliphatic rings. The van der Waals surface area contributed by atoms with Crippen molar-refractivity contribution in [3.8, 4) is 0 Å². The number of non-ortho nitro benzene ring substituents is 1. The van der Waals surface area contributed by atoms with Crippen molar-refractivity contribution in [3.63, 3.8) is 0 Å². The van der Waals surface area contributed by atoms with Gasteiger partial charge in [-0.2, -0.15) is 5.10 Å². The highest BCUT2D eigenvalue weighted by Crippen LogP contribution is 2.15. The lowest BCUT2D eigenvalue weighted by Crippen LogP contribution is -1.95. The third-order valence-corrected chi connectivity index (χ3v) is 2.11. The van der Waals surface area contributed by atoms with E-state index in [0.717, 1.165) is 6.42 Å². The zero-order valence-electron chi connectivity index (χ0n) is 8.81. The Hall–Kier alpha value is -1.62. The van der Waals surface area contributed by atoms with E-state index in [-0.39, 0.29) is 5.69 Å². The lowest BCUT2D eigenvalue weighted by molar-refractivity contribution is -0.384. The molecule has 0 saturated heterocycles. The zero-order chi connectivity index (χ0) is 12.0. The van der Waals surface area contributed by atoms with E-state index in [1.54, 1.807) is 12.1 Å². The van der Waals surface area contributed by atoms with Crippen LogP contribution in [-0.4, -0.2) is 10.1 Å². The Balaban J connectivity index is 2.62. The van der Waals surface area contributed by atoms with Crippen molar-refractivity contribution in [3.05, 3.63) is 34.4 Å². The SMILES string of the molecule is CCCC(Cl)=NNc1ccc([N+](=O)[O-])cc1. The smallest absolute Gasteiger partial charge is 0.269 e. The van der Waals surface area contributed by atoms with Crippen molar-refractivity contribution in [1.82, 2.24) is 0 Å². The van der Waals surface area contributed by atoms with Gasteiger partial charge in [0, 0.05) is 18.6 Å². The third kappa shape index (κ3) is 3.86. The molecule has 0 atom stereocenters. The van der Waals surface area contributed by atoms with Crippen LogP contribution in [0.1, 0.15) is 19.8 Å². The quantitative estimate of drug-likeness (QED) is 0.488. The second-order valence-electron chi connectivity index (χ2n) is 3.15. The van der Waals surface area contributed by atoms with E-state index >= 15 is 0 Å². The van der Waals surface area contributed by atoms with Crippen LogP contribution in [-0.2, 0) is 0 Å². The summed E-state index contributed by atoms with van der Waals surface area (Å²) < 4.78 is 0. The van der Waals surface area contributed by atoms with Crippen molar-refractivity contribution >= 4 is 28.1 Å². The van der Waals surface area contributed by atoms with Crippen LogP contribution in [0, 0.1) is 10.1 Å². The second kappa shape index (κ2) is 6.07. The lowest BCUT2D eigenvalue weighted by Gasteiger charge is -2.00. The van der Waals surface area contributed by atoms with E-state index in [4.69, 9.17) is 11.6 Å². The van der Waals surface area contributed by atoms with E-state index in [2.05, 4.69) is 10.5 Å². The largest absolute Gasteiger partial charge is 0.277 e. The summed E-state index contributed by atoms with van der Waals surface area (Å²) in [6.07, 6.45) is 1.63. The first-order chi connectivity index (χ1) is 7.63. The van der Waals surface area contributed by atoms with Crippen LogP contribution in [0.4, 0.5) is 11.4 Å². The van der Waals surface area contributed by atoms with E-state index in [9.17, 15) is 10.1 Å². The van der Waals surface area contributed by atoms with Crippen LogP contribution >= 0.6 is 11.6 Å². The Bertz CT molecular complexity index is 390. The van der Waals surface area contributed by atoms with Gasteiger partial charge in [-0.1, -0.05) is 18.5 Å². The molecular formula is C10H12ClN3O2. The summed E-state index contributed by atoms with van der Waals surface area (Å²) in [6, 6.07) is 5.98. The molecule has 0 heterocycles. The highest BCUT2D eigenvalue weighted by Gasteiger charge is 2.03. The molecule has 1 aromatic carbocycles. The standard InChI is InChI=1S/C10H12ClN3O2/c1-2-3-10(11)13-12-8-4-6-9(7-5-8)14(15)16/h4-7,12H,2-3H2,1H3. The topological polar surface area (TPSA) is 67.5 Å². The highest BCUT2D eigenvalue weighted by molar-refractivity contribution is 6.65. The summed E-state index contributed by atoms with van der Waals surface area (Å²) in [5, 5.41) is 14.8. The van der Waals surface area contributed by atoms with Crippen LogP contribution in [0.3, 0.4) is 0 Å². The van der Waals surface area contributed by atoms with Crippen molar-refractivity contribution < 1.29 is 4.92 Å². The predicted octanol–water partition coefficient (Wildman–Crippen LogP) is 3.36. The Kier molecular flexibility index (Phi) is 4.72. The maximum absolute atomic E-state index is 10.4. The molecule has 1 N–H and O–H groups in total. The number of benzene rings is 1. The number of nitrogens with zero attached hydrogens (tertiary/aromatic N) is 2. The maximum atomic E-state index is 10.4. The molecule has 0 bridgehead atoms. The molecule has 0 aromatic heterocycles. The first kappa shape index (κ1) is 12.4. The average molecular weight is 242 g/mol. The molecule has 0 fully saturated rings. The molecule has 1 aromatic rings. The van der Waals surface area contributed by atoms with Crippen LogP contribution in [0.5, 0.6) is 0 Å². The van der Waals surface area contributed by atoms with Crippen LogP contribution in [0.2, 0.25) is 0 Å². The molecular weight excluding hydrogens is 230 g/mol. The fourth-order valence-corrected chi connectivity index (χ4v) is 1.28. The van der Waals surface area contributed by atoms with Gasteiger partial charge in [-0.25, -0.2) is 0 Å². The molecule has 86 valence electrons. The molecule has 6 heteroatoms. The van der Waals surface area contributed by atoms with Crippen LogP contribution < -0.4 is 5.43 Å². The van der Waals surface area contributed by atoms with Crippen molar-refractivity contribution in [2.75, 3.05) is 5.43 Å². The van der Waals surface area contributed by atoms with E-state index in [1.165, 1.54) is 12.1 Å². The van der Waals surface area contributed by atoms with Crippen molar-refractivity contribution in [2.24, 2.45) is 5.10 Å². The molecule has 0 unspecified atom stereocenters. The number of rotatable bonds is 5. The van der Waals surface area contributed by atoms with Crippen LogP contribution in [0.15, 0.2) is 29.4 Å². The van der Waals surface area contributed by atoms with Gasteiger partial charge in [0.2, 0.25) is 0 Å². The van der Waals surface area contributed by atoms with Gasteiger partial charge in [-0.3, -0.25) is 15.5 Å². The summed E-state index contributed by atoms with van der Waals surface area (Å²) in [5.74, 6) is 0. The number of nitro groups is 1. The fourth-order valence-electron chi connectivity index (χ4n) is 1.05. The lowest BCUT2D eigenvalue weighted by atomic mass is 10.3. The monoisotopic (exact) mass is 241 g/mol. The zero-order valence-corrected chi connectivity index (χ0v) is 9.57. The van der Waals surface area contributed by atoms with Crippen LogP contribution in [0.25, 0.3) is 0 Å². The number of nitro benzene ring substituents is 1. The number of hydrogen-bond donors (Lipinski definition) is 1. The van der Waals surface area contributed by atoms with Gasteiger partial charge in [-0.15, -0.1) is 0 Å². The molecule has 5 nitrogen and oxygen atoms in total. The molecule has 1 rings (SSSR count). The molecule has 16 heavy (non-hydrogen) atoms. The van der Waals surface area contributed by atoms with Gasteiger partial charge in [-0.05, 0) is 18.6 Å². The minimum Gasteiger partial charge on any atom is -0.277 e.